The highest BCUT2D eigenvalue weighted by Gasteiger charge is 2.40. The molecule has 0 bridgehead atoms. The highest BCUT2D eigenvalue weighted by molar-refractivity contribution is 7.89. The molecule has 9 nitrogen and oxygen atoms in total. The van der Waals surface area contributed by atoms with Gasteiger partial charge in [-0.05, 0) is 63.8 Å². The van der Waals surface area contributed by atoms with Crippen LogP contribution in [-0.2, 0) is 19.6 Å². The van der Waals surface area contributed by atoms with Crippen LogP contribution in [0.25, 0.3) is 0 Å². The van der Waals surface area contributed by atoms with Gasteiger partial charge in [0.25, 0.3) is 0 Å². The number of nitrogens with zero attached hydrogens (tertiary/aromatic N) is 4. The summed E-state index contributed by atoms with van der Waals surface area (Å²) in [6.45, 7) is 5.23. The molecule has 188 valence electrons. The number of anilines is 2. The van der Waals surface area contributed by atoms with Crippen LogP contribution in [-0.4, -0.2) is 88.3 Å². The molecular weight excluding hydrogens is 454 g/mol. The monoisotopic (exact) mass is 491 g/mol. The molecule has 3 aliphatic heterocycles. The summed E-state index contributed by atoms with van der Waals surface area (Å²) in [5.41, 5.74) is 1.31. The molecule has 3 aliphatic rings. The van der Waals surface area contributed by atoms with E-state index in [0.717, 1.165) is 48.9 Å². The lowest BCUT2D eigenvalue weighted by molar-refractivity contribution is -0.125. The zero-order valence-corrected chi connectivity index (χ0v) is 21.3. The number of nitrogens with one attached hydrogen (secondary N) is 1. The predicted octanol–water partition coefficient (Wildman–Crippen LogP) is 1.63. The highest BCUT2D eigenvalue weighted by Crippen LogP contribution is 2.40. The molecule has 2 atom stereocenters. The van der Waals surface area contributed by atoms with Crippen LogP contribution in [0.1, 0.15) is 45.4 Å². The van der Waals surface area contributed by atoms with Crippen LogP contribution in [0, 0.1) is 0 Å². The Labute approximate surface area is 203 Å². The van der Waals surface area contributed by atoms with Crippen LogP contribution in [0.4, 0.5) is 11.4 Å². The molecule has 3 heterocycles. The Kier molecular flexibility index (Phi) is 7.49. The topological polar surface area (TPSA) is 93.3 Å². The molecule has 0 radical (unpaired) electrons. The van der Waals surface area contributed by atoms with E-state index in [-0.39, 0.29) is 29.3 Å². The molecule has 0 spiro atoms. The van der Waals surface area contributed by atoms with Gasteiger partial charge in [-0.2, -0.15) is 0 Å². The van der Waals surface area contributed by atoms with Gasteiger partial charge < -0.3 is 10.2 Å². The number of rotatable bonds is 7. The van der Waals surface area contributed by atoms with E-state index in [1.54, 1.807) is 12.1 Å². The van der Waals surface area contributed by atoms with Crippen molar-refractivity contribution in [3.05, 3.63) is 18.2 Å². The number of piperidine rings is 2. The standard InChI is InChI=1S/C24H37N5O4S/c1-18-8-4-6-13-27(18)15-12-25-23(30)17-29-22-16-19(34(32,33)26(2)3)10-11-20(22)28-14-7-5-9-21(28)24(29)31/h10-11,16,18,21H,4-9,12-15,17H2,1-3H3,(H,25,30)/t18-,21+/m1/s1. The van der Waals surface area contributed by atoms with Crippen molar-refractivity contribution in [2.24, 2.45) is 0 Å². The Balaban J connectivity index is 1.53. The lowest BCUT2D eigenvalue weighted by Crippen LogP contribution is -2.57. The van der Waals surface area contributed by atoms with E-state index in [0.29, 0.717) is 18.3 Å². The van der Waals surface area contributed by atoms with Crippen molar-refractivity contribution in [2.75, 3.05) is 56.6 Å². The van der Waals surface area contributed by atoms with Crippen LogP contribution in [0.2, 0.25) is 0 Å². The Morgan fingerprint density at radius 3 is 2.56 bits per heavy atom. The number of carbonyl (C=O) groups excluding carboxylic acids is 2. The molecule has 1 aromatic rings. The molecule has 0 aliphatic carbocycles. The smallest absolute Gasteiger partial charge is 0.250 e. The number of sulfonamides is 1. The van der Waals surface area contributed by atoms with E-state index in [2.05, 4.69) is 22.0 Å². The second kappa shape index (κ2) is 10.2. The number of hydrogen-bond donors (Lipinski definition) is 1. The minimum Gasteiger partial charge on any atom is -0.358 e. The minimum atomic E-state index is -3.67. The third kappa shape index (κ3) is 4.94. The summed E-state index contributed by atoms with van der Waals surface area (Å²) >= 11 is 0. The summed E-state index contributed by atoms with van der Waals surface area (Å²) in [6, 6.07) is 5.12. The van der Waals surface area contributed by atoms with E-state index < -0.39 is 10.0 Å². The van der Waals surface area contributed by atoms with Crippen LogP contribution >= 0.6 is 0 Å². The highest BCUT2D eigenvalue weighted by atomic mass is 32.2. The van der Waals surface area contributed by atoms with Crippen LogP contribution in [0.15, 0.2) is 23.1 Å². The maximum absolute atomic E-state index is 13.5. The summed E-state index contributed by atoms with van der Waals surface area (Å²) in [5, 5.41) is 2.97. The van der Waals surface area contributed by atoms with E-state index in [9.17, 15) is 18.0 Å². The number of carbonyl (C=O) groups is 2. The van der Waals surface area contributed by atoms with Gasteiger partial charge in [-0.1, -0.05) is 6.42 Å². The molecule has 2 amide bonds. The minimum absolute atomic E-state index is 0.114. The summed E-state index contributed by atoms with van der Waals surface area (Å²) < 4.78 is 26.7. The van der Waals surface area contributed by atoms with E-state index in [1.165, 1.54) is 44.3 Å². The zero-order valence-electron chi connectivity index (χ0n) is 20.5. The summed E-state index contributed by atoms with van der Waals surface area (Å²) in [5.74, 6) is -0.361. The molecule has 4 rings (SSSR count). The second-order valence-corrected chi connectivity index (χ2v) is 11.9. The number of amides is 2. The van der Waals surface area contributed by atoms with Crippen molar-refractivity contribution in [3.8, 4) is 0 Å². The largest absolute Gasteiger partial charge is 0.358 e. The Morgan fingerprint density at radius 1 is 1.09 bits per heavy atom. The SMILES string of the molecule is C[C@@H]1CCCCN1CCNC(=O)CN1C(=O)[C@@H]2CCCCN2c2ccc(S(=O)(=O)N(C)C)cc21. The van der Waals surface area contributed by atoms with Gasteiger partial charge in [0.15, 0.2) is 0 Å². The van der Waals surface area contributed by atoms with Crippen molar-refractivity contribution >= 4 is 33.2 Å². The average molecular weight is 492 g/mol. The van der Waals surface area contributed by atoms with Gasteiger partial charge in [-0.15, -0.1) is 0 Å². The van der Waals surface area contributed by atoms with Gasteiger partial charge in [0.05, 0.1) is 16.3 Å². The molecule has 2 saturated heterocycles. The molecular formula is C24H37N5O4S. The molecule has 10 heteroatoms. The van der Waals surface area contributed by atoms with Crippen molar-refractivity contribution in [2.45, 2.75) is 62.4 Å². The Bertz CT molecular complexity index is 1030. The first-order chi connectivity index (χ1) is 16.2. The fourth-order valence-corrected chi connectivity index (χ4v) is 6.22. The molecule has 2 fully saturated rings. The first kappa shape index (κ1) is 24.9. The number of hydrogen-bond acceptors (Lipinski definition) is 6. The molecule has 1 aromatic carbocycles. The van der Waals surface area contributed by atoms with Crippen molar-refractivity contribution in [1.82, 2.24) is 14.5 Å². The fraction of sp³-hybridized carbons (Fsp3) is 0.667. The summed E-state index contributed by atoms with van der Waals surface area (Å²) in [4.78, 5) is 32.4. The van der Waals surface area contributed by atoms with Crippen LogP contribution in [0.5, 0.6) is 0 Å². The quantitative estimate of drug-likeness (QED) is 0.623. The summed E-state index contributed by atoms with van der Waals surface area (Å²) in [6.07, 6.45) is 6.31. The third-order valence-corrected chi connectivity index (χ3v) is 9.15. The van der Waals surface area contributed by atoms with Gasteiger partial charge in [-0.3, -0.25) is 19.4 Å². The molecule has 34 heavy (non-hydrogen) atoms. The van der Waals surface area contributed by atoms with E-state index in [4.69, 9.17) is 0 Å². The van der Waals surface area contributed by atoms with Gasteiger partial charge in [-0.25, -0.2) is 12.7 Å². The van der Waals surface area contributed by atoms with Crippen molar-refractivity contribution in [1.29, 1.82) is 0 Å². The van der Waals surface area contributed by atoms with Gasteiger partial charge >= 0.3 is 0 Å². The van der Waals surface area contributed by atoms with Gasteiger partial charge in [0.2, 0.25) is 21.8 Å². The number of likely N-dealkylation sites (tertiary alicyclic amines) is 1. The van der Waals surface area contributed by atoms with Crippen LogP contribution < -0.4 is 15.1 Å². The predicted molar refractivity (Wildman–Crippen MR) is 133 cm³/mol. The Hall–Kier alpha value is -2.17. The maximum Gasteiger partial charge on any atom is 0.250 e. The first-order valence-corrected chi connectivity index (χ1v) is 13.8. The second-order valence-electron chi connectivity index (χ2n) is 9.80. The van der Waals surface area contributed by atoms with Gasteiger partial charge in [0, 0.05) is 39.8 Å². The first-order valence-electron chi connectivity index (χ1n) is 12.4. The average Bonchev–Trinajstić information content (AvgIpc) is 2.82. The molecule has 0 unspecified atom stereocenters. The third-order valence-electron chi connectivity index (χ3n) is 7.34. The normalized spacial score (nSPS) is 23.6. The maximum atomic E-state index is 13.5. The lowest BCUT2D eigenvalue weighted by atomic mass is 9.96. The molecule has 0 aromatic heterocycles. The van der Waals surface area contributed by atoms with Crippen LogP contribution in [0.3, 0.4) is 0 Å². The van der Waals surface area contributed by atoms with E-state index >= 15 is 0 Å². The number of fused-ring (bicyclic) bond motifs is 3. The zero-order chi connectivity index (χ0) is 24.5. The molecule has 1 N–H and O–H groups in total. The van der Waals surface area contributed by atoms with Crippen molar-refractivity contribution < 1.29 is 18.0 Å². The summed E-state index contributed by atoms with van der Waals surface area (Å²) in [7, 11) is -0.708. The Morgan fingerprint density at radius 2 is 1.82 bits per heavy atom. The lowest BCUT2D eigenvalue weighted by Gasteiger charge is -2.45. The van der Waals surface area contributed by atoms with Crippen molar-refractivity contribution in [3.63, 3.8) is 0 Å². The molecule has 0 saturated carbocycles. The van der Waals surface area contributed by atoms with E-state index in [1.807, 2.05) is 0 Å². The van der Waals surface area contributed by atoms with Gasteiger partial charge in [0.1, 0.15) is 12.6 Å². The fourth-order valence-electron chi connectivity index (χ4n) is 5.30. The number of benzene rings is 1.